The van der Waals surface area contributed by atoms with E-state index in [2.05, 4.69) is 21.8 Å². The largest absolute Gasteiger partial charge is 0.494 e. The zero-order valence-electron chi connectivity index (χ0n) is 22.3. The summed E-state index contributed by atoms with van der Waals surface area (Å²) in [5.41, 5.74) is 14.0. The molecule has 8 heteroatoms. The first-order chi connectivity index (χ1) is 17.6. The summed E-state index contributed by atoms with van der Waals surface area (Å²) in [5.74, 6) is 0.721. The second kappa shape index (κ2) is 10.8. The Labute approximate surface area is 228 Å². The molecule has 0 spiro atoms. The van der Waals surface area contributed by atoms with Crippen molar-refractivity contribution in [1.82, 2.24) is 9.88 Å². The van der Waals surface area contributed by atoms with E-state index in [4.69, 9.17) is 33.7 Å². The van der Waals surface area contributed by atoms with Crippen molar-refractivity contribution in [2.45, 2.75) is 53.5 Å². The van der Waals surface area contributed by atoms with Gasteiger partial charge in [-0.1, -0.05) is 29.3 Å². The molecule has 1 aromatic heterocycles. The van der Waals surface area contributed by atoms with Crippen LogP contribution in [-0.2, 0) is 6.42 Å². The number of carbonyl (C=O) groups excluding carboxylic acids is 1. The van der Waals surface area contributed by atoms with Gasteiger partial charge in [0.25, 0.3) is 5.91 Å². The highest BCUT2D eigenvalue weighted by Gasteiger charge is 2.32. The zero-order valence-corrected chi connectivity index (χ0v) is 23.8. The van der Waals surface area contributed by atoms with Crippen molar-refractivity contribution in [2.24, 2.45) is 10.7 Å². The summed E-state index contributed by atoms with van der Waals surface area (Å²) < 4.78 is 8.19. The average Bonchev–Trinajstić information content (AvgIpc) is 3.19. The first kappa shape index (κ1) is 27.1. The van der Waals surface area contributed by atoms with Crippen LogP contribution in [0.3, 0.4) is 0 Å². The van der Waals surface area contributed by atoms with Gasteiger partial charge < -0.3 is 20.4 Å². The number of allylic oxidation sites excluding steroid dienone is 2. The third-order valence-electron chi connectivity index (χ3n) is 7.03. The summed E-state index contributed by atoms with van der Waals surface area (Å²) in [6.07, 6.45) is 1.41. The van der Waals surface area contributed by atoms with Gasteiger partial charge in [0.15, 0.2) is 0 Å². The first-order valence-electron chi connectivity index (χ1n) is 12.5. The summed E-state index contributed by atoms with van der Waals surface area (Å²) >= 11 is 13.1. The molecular formula is C29H34Cl2N4O2. The number of nitrogens with zero attached hydrogens (tertiary/aromatic N) is 2. The van der Waals surface area contributed by atoms with Gasteiger partial charge in [0.1, 0.15) is 11.4 Å². The van der Waals surface area contributed by atoms with E-state index in [1.165, 1.54) is 0 Å². The molecule has 1 aliphatic heterocycles. The fourth-order valence-electron chi connectivity index (χ4n) is 5.24. The number of hydrogen-bond donors (Lipinski definition) is 2. The van der Waals surface area contributed by atoms with Crippen molar-refractivity contribution in [3.63, 3.8) is 0 Å². The number of carbonyl (C=O) groups is 1. The van der Waals surface area contributed by atoms with Gasteiger partial charge in [-0.05, 0) is 82.3 Å². The Kier molecular flexibility index (Phi) is 7.91. The van der Waals surface area contributed by atoms with Crippen molar-refractivity contribution in [2.75, 3.05) is 20.2 Å². The summed E-state index contributed by atoms with van der Waals surface area (Å²) in [6.45, 7) is 10.9. The molecule has 37 heavy (non-hydrogen) atoms. The lowest BCUT2D eigenvalue weighted by Gasteiger charge is -2.26. The van der Waals surface area contributed by atoms with Crippen molar-refractivity contribution >= 4 is 51.3 Å². The molecule has 0 fully saturated rings. The number of rotatable bonds is 7. The standard InChI is InChI=1S/C29H34Cl2N4O2/c1-15-12-20(13-16(2)26(15)31)37-11-7-8-21-22-9-10-23(30)25(24(18(4)32)19(5)33-6)27(22)35-17(3)14-34-29(36)28(21)35/h9-10,12-13,17H,7-8,11,14,32H2,1-6H3,(H,34,36)/t17-/m1/s1. The molecule has 0 aliphatic carbocycles. The number of aliphatic imine (C=N–C) groups is 1. The van der Waals surface area contributed by atoms with Crippen LogP contribution in [0.2, 0.25) is 10.0 Å². The van der Waals surface area contributed by atoms with Crippen LogP contribution in [0.1, 0.15) is 66.0 Å². The van der Waals surface area contributed by atoms with E-state index in [9.17, 15) is 4.79 Å². The molecule has 1 atom stereocenters. The Bertz CT molecular complexity index is 1430. The zero-order chi connectivity index (χ0) is 27.0. The molecule has 6 nitrogen and oxygen atoms in total. The van der Waals surface area contributed by atoms with Crippen LogP contribution >= 0.6 is 23.2 Å². The molecule has 2 aromatic carbocycles. The Morgan fingerprint density at radius 3 is 2.51 bits per heavy atom. The van der Waals surface area contributed by atoms with Crippen LogP contribution < -0.4 is 15.8 Å². The second-order valence-electron chi connectivity index (χ2n) is 9.76. The van der Waals surface area contributed by atoms with Crippen LogP contribution in [0, 0.1) is 13.8 Å². The molecule has 0 unspecified atom stereocenters. The maximum atomic E-state index is 13.2. The Hall–Kier alpha value is -2.96. The van der Waals surface area contributed by atoms with Crippen molar-refractivity contribution in [3.05, 3.63) is 68.0 Å². The van der Waals surface area contributed by atoms with Gasteiger partial charge in [0, 0.05) is 52.6 Å². The van der Waals surface area contributed by atoms with Gasteiger partial charge in [-0.15, -0.1) is 0 Å². The highest BCUT2D eigenvalue weighted by molar-refractivity contribution is 6.38. The number of aryl methyl sites for hydroxylation is 3. The molecule has 0 saturated heterocycles. The van der Waals surface area contributed by atoms with E-state index in [0.29, 0.717) is 36.0 Å². The average molecular weight is 542 g/mol. The molecule has 1 aliphatic rings. The fraction of sp³-hybridized carbons (Fsp3) is 0.379. The molecule has 0 saturated carbocycles. The molecule has 1 amide bonds. The summed E-state index contributed by atoms with van der Waals surface area (Å²) in [4.78, 5) is 17.6. The maximum absolute atomic E-state index is 13.2. The molecule has 3 aromatic rings. The van der Waals surface area contributed by atoms with E-state index in [1.54, 1.807) is 7.05 Å². The fourth-order valence-corrected chi connectivity index (χ4v) is 5.60. The number of ether oxygens (including phenoxy) is 1. The second-order valence-corrected chi connectivity index (χ2v) is 10.6. The predicted molar refractivity (Wildman–Crippen MR) is 155 cm³/mol. The van der Waals surface area contributed by atoms with Crippen LogP contribution in [0.4, 0.5) is 0 Å². The highest BCUT2D eigenvalue weighted by atomic mass is 35.5. The van der Waals surface area contributed by atoms with Crippen molar-refractivity contribution in [3.8, 4) is 5.75 Å². The van der Waals surface area contributed by atoms with Crippen molar-refractivity contribution in [1.29, 1.82) is 0 Å². The molecule has 196 valence electrons. The van der Waals surface area contributed by atoms with E-state index in [-0.39, 0.29) is 11.9 Å². The summed E-state index contributed by atoms with van der Waals surface area (Å²) in [7, 11) is 1.74. The minimum absolute atomic E-state index is 0.0515. The monoisotopic (exact) mass is 540 g/mol. The van der Waals surface area contributed by atoms with Gasteiger partial charge in [-0.3, -0.25) is 9.79 Å². The van der Waals surface area contributed by atoms with E-state index < -0.39 is 0 Å². The molecule has 0 bridgehead atoms. The number of nitrogens with two attached hydrogens (primary N) is 1. The number of aromatic nitrogens is 1. The maximum Gasteiger partial charge on any atom is 0.268 e. The number of nitrogens with one attached hydrogen (secondary N) is 1. The van der Waals surface area contributed by atoms with Gasteiger partial charge in [-0.2, -0.15) is 0 Å². The van der Waals surface area contributed by atoms with Crippen LogP contribution in [0.25, 0.3) is 16.5 Å². The predicted octanol–water partition coefficient (Wildman–Crippen LogP) is 6.66. The normalized spacial score (nSPS) is 16.5. The third-order valence-corrected chi connectivity index (χ3v) is 7.94. The topological polar surface area (TPSA) is 81.6 Å². The smallest absolute Gasteiger partial charge is 0.268 e. The molecular weight excluding hydrogens is 507 g/mol. The SMILES string of the molecule is CN=C(C)C(=C(C)N)c1c(Cl)ccc2c(CCCOc3cc(C)c(Cl)c(C)c3)c3n(c12)[C@H](C)CNC3=O. The summed E-state index contributed by atoms with van der Waals surface area (Å²) in [5, 5.41) is 5.39. The Morgan fingerprint density at radius 1 is 1.22 bits per heavy atom. The Morgan fingerprint density at radius 2 is 1.89 bits per heavy atom. The molecule has 0 radical (unpaired) electrons. The minimum Gasteiger partial charge on any atom is -0.494 e. The number of amides is 1. The van der Waals surface area contributed by atoms with Gasteiger partial charge in [0.05, 0.1) is 17.1 Å². The van der Waals surface area contributed by atoms with Crippen LogP contribution in [0.15, 0.2) is 35.0 Å². The van der Waals surface area contributed by atoms with E-state index in [1.807, 2.05) is 52.0 Å². The van der Waals surface area contributed by atoms with Crippen LogP contribution in [-0.4, -0.2) is 36.4 Å². The lowest BCUT2D eigenvalue weighted by Crippen LogP contribution is -2.38. The highest BCUT2D eigenvalue weighted by Crippen LogP contribution is 2.41. The lowest BCUT2D eigenvalue weighted by molar-refractivity contribution is 0.0918. The number of benzene rings is 2. The van der Waals surface area contributed by atoms with Gasteiger partial charge in [0.2, 0.25) is 0 Å². The molecule has 3 N–H and O–H groups in total. The number of fused-ring (bicyclic) bond motifs is 3. The third kappa shape index (κ3) is 4.97. The molecule has 4 rings (SSSR count). The van der Waals surface area contributed by atoms with Gasteiger partial charge >= 0.3 is 0 Å². The lowest BCUT2D eigenvalue weighted by atomic mass is 9.96. The number of halogens is 2. The Balaban J connectivity index is 1.78. The molecule has 2 heterocycles. The number of hydrogen-bond acceptors (Lipinski definition) is 4. The summed E-state index contributed by atoms with van der Waals surface area (Å²) in [6, 6.07) is 7.86. The van der Waals surface area contributed by atoms with E-state index in [0.717, 1.165) is 61.6 Å². The van der Waals surface area contributed by atoms with Gasteiger partial charge in [-0.25, -0.2) is 0 Å². The minimum atomic E-state index is -0.0767. The van der Waals surface area contributed by atoms with E-state index >= 15 is 0 Å². The van der Waals surface area contributed by atoms with Crippen molar-refractivity contribution < 1.29 is 9.53 Å². The quantitative estimate of drug-likeness (QED) is 0.259. The first-order valence-corrected chi connectivity index (χ1v) is 13.3. The van der Waals surface area contributed by atoms with Crippen LogP contribution in [0.5, 0.6) is 5.75 Å².